The monoisotopic (exact) mass is 435 g/mol. The first-order valence-corrected chi connectivity index (χ1v) is 10.2. The number of aliphatic imine (C=N–C) groups is 1. The normalized spacial score (nSPS) is 16.0. The van der Waals surface area contributed by atoms with Gasteiger partial charge >= 0.3 is 0 Å². The average molecular weight is 435 g/mol. The Bertz CT molecular complexity index is 1220. The lowest BCUT2D eigenvalue weighted by Gasteiger charge is -2.06. The van der Waals surface area contributed by atoms with Crippen LogP contribution in [0.15, 0.2) is 75.0 Å². The van der Waals surface area contributed by atoms with Gasteiger partial charge in [0.1, 0.15) is 23.0 Å². The molecule has 156 valence electrons. The Morgan fingerprint density at radius 1 is 1.19 bits per heavy atom. The third-order valence-corrected chi connectivity index (χ3v) is 5.19. The molecule has 0 radical (unpaired) electrons. The van der Waals surface area contributed by atoms with Gasteiger partial charge in [-0.1, -0.05) is 24.3 Å². The third-order valence-electron chi connectivity index (χ3n) is 4.28. The lowest BCUT2D eigenvalue weighted by atomic mass is 10.1. The predicted molar refractivity (Wildman–Crippen MR) is 119 cm³/mol. The highest BCUT2D eigenvalue weighted by Gasteiger charge is 2.25. The molecule has 2 aromatic carbocycles. The van der Waals surface area contributed by atoms with Crippen LogP contribution in [0, 0.1) is 10.1 Å². The van der Waals surface area contributed by atoms with Gasteiger partial charge in [0.05, 0.1) is 16.4 Å². The second-order valence-electron chi connectivity index (χ2n) is 6.39. The molecule has 1 aromatic heterocycles. The molecule has 2 heterocycles. The van der Waals surface area contributed by atoms with Crippen molar-refractivity contribution in [2.24, 2.45) is 4.99 Å². The molecule has 0 spiro atoms. The predicted octanol–water partition coefficient (Wildman–Crippen LogP) is 5.15. The lowest BCUT2D eigenvalue weighted by molar-refractivity contribution is -0.384. The van der Waals surface area contributed by atoms with Crippen molar-refractivity contribution in [2.75, 3.05) is 6.61 Å². The first-order valence-electron chi connectivity index (χ1n) is 9.39. The zero-order chi connectivity index (χ0) is 21.8. The Labute approximate surface area is 181 Å². The van der Waals surface area contributed by atoms with Crippen molar-refractivity contribution >= 4 is 40.3 Å². The Kier molecular flexibility index (Phi) is 5.85. The van der Waals surface area contributed by atoms with Crippen LogP contribution >= 0.6 is 11.8 Å². The molecule has 0 unspecified atom stereocenters. The molecule has 0 saturated carbocycles. The van der Waals surface area contributed by atoms with E-state index in [0.717, 1.165) is 0 Å². The molecular weight excluding hydrogens is 418 g/mol. The third kappa shape index (κ3) is 4.67. The summed E-state index contributed by atoms with van der Waals surface area (Å²) in [6, 6.07) is 16.9. The molecule has 0 aliphatic carbocycles. The van der Waals surface area contributed by atoms with Crippen LogP contribution < -0.4 is 10.1 Å². The van der Waals surface area contributed by atoms with E-state index in [0.29, 0.717) is 45.2 Å². The number of amidine groups is 1. The van der Waals surface area contributed by atoms with Crippen molar-refractivity contribution in [3.63, 3.8) is 0 Å². The van der Waals surface area contributed by atoms with Crippen LogP contribution in [-0.2, 0) is 4.79 Å². The maximum Gasteiger partial charge on any atom is 0.270 e. The zero-order valence-electron chi connectivity index (χ0n) is 16.4. The lowest BCUT2D eigenvalue weighted by Crippen LogP contribution is -2.19. The van der Waals surface area contributed by atoms with Gasteiger partial charge in [0.25, 0.3) is 11.6 Å². The quantitative estimate of drug-likeness (QED) is 0.326. The minimum absolute atomic E-state index is 0.0206. The summed E-state index contributed by atoms with van der Waals surface area (Å²) in [7, 11) is 0. The number of non-ortho nitro benzene ring substituents is 1. The number of nitro groups is 1. The summed E-state index contributed by atoms with van der Waals surface area (Å²) < 4.78 is 11.3. The van der Waals surface area contributed by atoms with Gasteiger partial charge in [-0.25, -0.2) is 4.99 Å². The number of ether oxygens (including phenoxy) is 1. The van der Waals surface area contributed by atoms with E-state index in [-0.39, 0.29) is 11.6 Å². The first kappa shape index (κ1) is 20.4. The second kappa shape index (κ2) is 8.88. The maximum absolute atomic E-state index is 12.4. The van der Waals surface area contributed by atoms with E-state index in [9.17, 15) is 14.9 Å². The Hall–Kier alpha value is -3.85. The summed E-state index contributed by atoms with van der Waals surface area (Å²) in [6.07, 6.45) is 1.61. The Balaban J connectivity index is 1.55. The number of nitro benzene ring substituents is 1. The van der Waals surface area contributed by atoms with Crippen LogP contribution in [0.25, 0.3) is 17.4 Å². The van der Waals surface area contributed by atoms with Crippen LogP contribution in [0.2, 0.25) is 0 Å². The highest BCUT2D eigenvalue weighted by atomic mass is 32.2. The van der Waals surface area contributed by atoms with Gasteiger partial charge in [-0.2, -0.15) is 0 Å². The number of rotatable bonds is 6. The highest BCUT2D eigenvalue weighted by Crippen LogP contribution is 2.33. The molecule has 0 bridgehead atoms. The van der Waals surface area contributed by atoms with Gasteiger partial charge < -0.3 is 14.5 Å². The van der Waals surface area contributed by atoms with Crippen molar-refractivity contribution in [3.05, 3.63) is 81.4 Å². The molecule has 0 atom stereocenters. The minimum Gasteiger partial charge on any atom is -0.492 e. The molecular formula is C22H17N3O5S. The Morgan fingerprint density at radius 3 is 2.84 bits per heavy atom. The summed E-state index contributed by atoms with van der Waals surface area (Å²) in [5.41, 5.74) is 1.18. The van der Waals surface area contributed by atoms with Crippen LogP contribution in [-0.4, -0.2) is 22.6 Å². The van der Waals surface area contributed by atoms with E-state index in [2.05, 4.69) is 10.3 Å². The number of nitrogens with one attached hydrogen (secondary N) is 1. The van der Waals surface area contributed by atoms with Crippen molar-refractivity contribution in [1.29, 1.82) is 0 Å². The molecule has 31 heavy (non-hydrogen) atoms. The number of furan rings is 1. The molecule has 1 aliphatic heterocycles. The van der Waals surface area contributed by atoms with Crippen molar-refractivity contribution in [1.82, 2.24) is 5.32 Å². The molecule has 1 N–H and O–H groups in total. The molecule has 1 saturated heterocycles. The molecule has 8 nitrogen and oxygen atoms in total. The first-order chi connectivity index (χ1) is 15.0. The maximum atomic E-state index is 12.4. The number of nitrogens with zero attached hydrogens (tertiary/aromatic N) is 2. The van der Waals surface area contributed by atoms with Gasteiger partial charge in [-0.15, -0.1) is 0 Å². The van der Waals surface area contributed by atoms with Crippen LogP contribution in [0.1, 0.15) is 12.7 Å². The van der Waals surface area contributed by atoms with Crippen molar-refractivity contribution in [2.45, 2.75) is 6.92 Å². The molecule has 1 aliphatic rings. The van der Waals surface area contributed by atoms with E-state index >= 15 is 0 Å². The van der Waals surface area contributed by atoms with Crippen LogP contribution in [0.4, 0.5) is 11.4 Å². The number of thioether (sulfide) groups is 1. The summed E-state index contributed by atoms with van der Waals surface area (Å²) in [5, 5.41) is 14.1. The van der Waals surface area contributed by atoms with Gasteiger partial charge in [0, 0.05) is 23.8 Å². The van der Waals surface area contributed by atoms with Crippen molar-refractivity contribution < 1.29 is 18.9 Å². The SMILES string of the molecule is CCOc1ccccc1N=C1NC(=O)/C(=C\c2ccc(-c3cccc([N+](=O)[O-])c3)o2)S1. The summed E-state index contributed by atoms with van der Waals surface area (Å²) in [6.45, 7) is 2.40. The molecule has 1 amide bonds. The van der Waals surface area contributed by atoms with E-state index in [1.165, 1.54) is 23.9 Å². The summed E-state index contributed by atoms with van der Waals surface area (Å²) in [5.74, 6) is 1.27. The van der Waals surface area contributed by atoms with Gasteiger partial charge in [0.2, 0.25) is 0 Å². The smallest absolute Gasteiger partial charge is 0.270 e. The minimum atomic E-state index is -0.459. The number of benzene rings is 2. The standard InChI is InChI=1S/C22H17N3O5S/c1-2-29-19-9-4-3-8-17(19)23-22-24-21(26)20(31-22)13-16-10-11-18(30-16)14-6-5-7-15(12-14)25(27)28/h3-13H,2H2,1H3,(H,23,24,26)/b20-13+. The van der Waals surface area contributed by atoms with Crippen LogP contribution in [0.5, 0.6) is 5.75 Å². The number of amides is 1. The van der Waals surface area contributed by atoms with Gasteiger partial charge in [-0.05, 0) is 43.0 Å². The highest BCUT2D eigenvalue weighted by molar-refractivity contribution is 8.18. The van der Waals surface area contributed by atoms with Crippen LogP contribution in [0.3, 0.4) is 0 Å². The van der Waals surface area contributed by atoms with E-state index in [4.69, 9.17) is 9.15 Å². The number of para-hydroxylation sites is 2. The largest absolute Gasteiger partial charge is 0.492 e. The fourth-order valence-electron chi connectivity index (χ4n) is 2.90. The molecule has 3 aromatic rings. The average Bonchev–Trinajstić information content (AvgIpc) is 3.37. The van der Waals surface area contributed by atoms with E-state index in [1.807, 2.05) is 31.2 Å². The summed E-state index contributed by atoms with van der Waals surface area (Å²) in [4.78, 5) is 27.8. The summed E-state index contributed by atoms with van der Waals surface area (Å²) >= 11 is 1.19. The zero-order valence-corrected chi connectivity index (χ0v) is 17.2. The Morgan fingerprint density at radius 2 is 2.03 bits per heavy atom. The van der Waals surface area contributed by atoms with E-state index in [1.54, 1.807) is 30.3 Å². The molecule has 4 rings (SSSR count). The molecule has 1 fully saturated rings. The molecule has 9 heteroatoms. The van der Waals surface area contributed by atoms with Gasteiger partial charge in [0.15, 0.2) is 5.17 Å². The number of hydrogen-bond acceptors (Lipinski definition) is 7. The van der Waals surface area contributed by atoms with Crippen molar-refractivity contribution in [3.8, 4) is 17.1 Å². The fourth-order valence-corrected chi connectivity index (χ4v) is 3.72. The topological polar surface area (TPSA) is 107 Å². The number of carbonyl (C=O) groups excluding carboxylic acids is 1. The fraction of sp³-hybridized carbons (Fsp3) is 0.0909. The second-order valence-corrected chi connectivity index (χ2v) is 7.42. The van der Waals surface area contributed by atoms with E-state index < -0.39 is 4.92 Å². The van der Waals surface area contributed by atoms with Gasteiger partial charge in [-0.3, -0.25) is 14.9 Å². The number of hydrogen-bond donors (Lipinski definition) is 1. The number of carbonyl (C=O) groups is 1.